The Morgan fingerprint density at radius 3 is 2.63 bits per heavy atom. The molecule has 1 atom stereocenters. The molecule has 4 rings (SSSR count). The third-order valence-corrected chi connectivity index (χ3v) is 6.17. The highest BCUT2D eigenvalue weighted by atomic mass is 35.5. The van der Waals surface area contributed by atoms with E-state index in [4.69, 9.17) is 11.6 Å². The summed E-state index contributed by atoms with van der Waals surface area (Å²) < 4.78 is 0. The highest BCUT2D eigenvalue weighted by Crippen LogP contribution is 2.27. The molecule has 142 valence electrons. The fraction of sp³-hybridized carbons (Fsp3) is 0.409. The molecular formula is C22H27ClN3O+. The van der Waals surface area contributed by atoms with Gasteiger partial charge in [-0.15, -0.1) is 0 Å². The van der Waals surface area contributed by atoms with Crippen LogP contribution in [0, 0.1) is 0 Å². The molecule has 0 spiro atoms. The molecule has 0 radical (unpaired) electrons. The summed E-state index contributed by atoms with van der Waals surface area (Å²) in [6.45, 7) is 6.75. The van der Waals surface area contributed by atoms with Gasteiger partial charge in [0.05, 0.1) is 26.2 Å². The van der Waals surface area contributed by atoms with E-state index in [1.54, 1.807) is 0 Å². The van der Waals surface area contributed by atoms with Gasteiger partial charge in [0.25, 0.3) is 5.91 Å². The third-order valence-electron chi connectivity index (χ3n) is 5.94. The first kappa shape index (κ1) is 18.3. The Balaban J connectivity index is 1.41. The molecule has 2 aromatic rings. The van der Waals surface area contributed by atoms with Crippen LogP contribution in [0.1, 0.15) is 18.9 Å². The molecule has 1 saturated heterocycles. The number of rotatable bonds is 3. The van der Waals surface area contributed by atoms with Crippen LogP contribution < -0.4 is 14.7 Å². The second-order valence-corrected chi connectivity index (χ2v) is 8.01. The van der Waals surface area contributed by atoms with Crippen molar-refractivity contribution in [2.75, 3.05) is 42.5 Å². The fourth-order valence-corrected chi connectivity index (χ4v) is 4.51. The van der Waals surface area contributed by atoms with Crippen molar-refractivity contribution in [3.8, 4) is 0 Å². The van der Waals surface area contributed by atoms with Crippen LogP contribution >= 0.6 is 11.6 Å². The number of quaternary nitrogens is 1. The summed E-state index contributed by atoms with van der Waals surface area (Å²) in [7, 11) is 0. The molecule has 27 heavy (non-hydrogen) atoms. The smallest absolute Gasteiger partial charge is 0.284 e. The van der Waals surface area contributed by atoms with Crippen molar-refractivity contribution in [3.05, 3.63) is 59.1 Å². The predicted molar refractivity (Wildman–Crippen MR) is 111 cm³/mol. The number of amides is 1. The maximum atomic E-state index is 13.2. The molecule has 4 nitrogen and oxygen atoms in total. The predicted octanol–water partition coefficient (Wildman–Crippen LogP) is 2.41. The molecule has 2 heterocycles. The van der Waals surface area contributed by atoms with Gasteiger partial charge in [-0.1, -0.05) is 35.9 Å². The van der Waals surface area contributed by atoms with E-state index >= 15 is 0 Å². The normalized spacial score (nSPS) is 18.9. The number of piperazine rings is 1. The lowest BCUT2D eigenvalue weighted by molar-refractivity contribution is -0.914. The molecule has 0 aromatic heterocycles. The van der Waals surface area contributed by atoms with Gasteiger partial charge in [-0.3, -0.25) is 4.79 Å². The standard InChI is InChI=1S/C22H26ClN3O/c1-17(22(27)26-11-5-7-18-6-2-3-10-21(18)26)24-12-14-25(15-13-24)20-9-4-8-19(23)16-20/h2-4,6,8-10,16-17H,5,7,11-15H2,1H3/p+1/t17-/m0/s1. The second-order valence-electron chi connectivity index (χ2n) is 7.57. The minimum absolute atomic E-state index is 0.0160. The van der Waals surface area contributed by atoms with Gasteiger partial charge in [-0.2, -0.15) is 0 Å². The summed E-state index contributed by atoms with van der Waals surface area (Å²) in [6, 6.07) is 16.4. The average molecular weight is 385 g/mol. The Bertz CT molecular complexity index is 817. The Morgan fingerprint density at radius 1 is 1.07 bits per heavy atom. The van der Waals surface area contributed by atoms with Crippen LogP contribution in [-0.4, -0.2) is 44.7 Å². The van der Waals surface area contributed by atoms with Crippen molar-refractivity contribution >= 4 is 28.9 Å². The molecule has 0 aliphatic carbocycles. The third kappa shape index (κ3) is 3.83. The van der Waals surface area contributed by atoms with Gasteiger partial charge in [-0.25, -0.2) is 0 Å². The summed E-state index contributed by atoms with van der Waals surface area (Å²) in [6.07, 6.45) is 2.12. The van der Waals surface area contributed by atoms with E-state index < -0.39 is 0 Å². The summed E-state index contributed by atoms with van der Waals surface area (Å²) in [5.74, 6) is 0.258. The highest BCUT2D eigenvalue weighted by molar-refractivity contribution is 6.30. The number of nitrogens with zero attached hydrogens (tertiary/aromatic N) is 2. The molecule has 1 fully saturated rings. The number of anilines is 2. The van der Waals surface area contributed by atoms with Gasteiger partial charge in [0.2, 0.25) is 0 Å². The summed E-state index contributed by atoms with van der Waals surface area (Å²) in [4.78, 5) is 19.0. The van der Waals surface area contributed by atoms with Crippen LogP contribution in [0.2, 0.25) is 5.02 Å². The first-order valence-corrected chi connectivity index (χ1v) is 10.3. The zero-order valence-corrected chi connectivity index (χ0v) is 16.6. The van der Waals surface area contributed by atoms with Crippen molar-refractivity contribution in [2.45, 2.75) is 25.8 Å². The van der Waals surface area contributed by atoms with Gasteiger partial charge < -0.3 is 14.7 Å². The Kier molecular flexibility index (Phi) is 5.37. The van der Waals surface area contributed by atoms with Gasteiger partial charge in [-0.05, 0) is 49.6 Å². The van der Waals surface area contributed by atoms with Crippen LogP contribution in [0.15, 0.2) is 48.5 Å². The second kappa shape index (κ2) is 7.91. The molecule has 5 heteroatoms. The number of aryl methyl sites for hydroxylation is 1. The number of carbonyl (C=O) groups excluding carboxylic acids is 1. The van der Waals surface area contributed by atoms with Crippen LogP contribution in [0.5, 0.6) is 0 Å². The fourth-order valence-electron chi connectivity index (χ4n) is 4.33. The quantitative estimate of drug-likeness (QED) is 0.880. The summed E-state index contributed by atoms with van der Waals surface area (Å²) in [5.41, 5.74) is 3.58. The number of fused-ring (bicyclic) bond motifs is 1. The first-order chi connectivity index (χ1) is 13.1. The number of carbonyl (C=O) groups is 1. The lowest BCUT2D eigenvalue weighted by Crippen LogP contribution is -3.19. The maximum absolute atomic E-state index is 13.2. The van der Waals surface area contributed by atoms with E-state index in [0.29, 0.717) is 0 Å². The Hall–Kier alpha value is -2.04. The van der Waals surface area contributed by atoms with Crippen LogP contribution in [-0.2, 0) is 11.2 Å². The summed E-state index contributed by atoms with van der Waals surface area (Å²) in [5, 5.41) is 0.773. The molecule has 1 amide bonds. The van der Waals surface area contributed by atoms with Crippen molar-refractivity contribution in [3.63, 3.8) is 0 Å². The number of benzene rings is 2. The molecule has 0 unspecified atom stereocenters. The van der Waals surface area contributed by atoms with Crippen LogP contribution in [0.25, 0.3) is 0 Å². The molecular weight excluding hydrogens is 358 g/mol. The molecule has 2 aliphatic rings. The van der Waals surface area contributed by atoms with Gasteiger partial charge >= 0.3 is 0 Å². The molecule has 2 aliphatic heterocycles. The largest absolute Gasteiger partial charge is 0.360 e. The van der Waals surface area contributed by atoms with Crippen molar-refractivity contribution < 1.29 is 9.69 Å². The minimum Gasteiger partial charge on any atom is -0.360 e. The topological polar surface area (TPSA) is 28.0 Å². The number of halogens is 1. The number of para-hydroxylation sites is 1. The van der Waals surface area contributed by atoms with E-state index in [-0.39, 0.29) is 11.9 Å². The SMILES string of the molecule is C[C@@H](C(=O)N1CCCc2ccccc21)[NH+]1CCN(c2cccc(Cl)c2)CC1. The van der Waals surface area contributed by atoms with Gasteiger partial charge in [0.15, 0.2) is 6.04 Å². The van der Waals surface area contributed by atoms with Crippen molar-refractivity contribution in [2.24, 2.45) is 0 Å². The zero-order valence-electron chi connectivity index (χ0n) is 15.8. The molecule has 0 bridgehead atoms. The Labute approximate surface area is 166 Å². The number of hydrogen-bond acceptors (Lipinski definition) is 2. The number of nitrogens with one attached hydrogen (secondary N) is 1. The zero-order chi connectivity index (χ0) is 18.8. The van der Waals surface area contributed by atoms with Gasteiger partial charge in [0.1, 0.15) is 0 Å². The summed E-state index contributed by atoms with van der Waals surface area (Å²) >= 11 is 6.13. The van der Waals surface area contributed by atoms with Crippen molar-refractivity contribution in [1.82, 2.24) is 0 Å². The van der Waals surface area contributed by atoms with E-state index in [0.717, 1.165) is 56.3 Å². The molecule has 2 aromatic carbocycles. The lowest BCUT2D eigenvalue weighted by Gasteiger charge is -2.38. The van der Waals surface area contributed by atoms with Gasteiger partial charge in [0, 0.05) is 22.9 Å². The van der Waals surface area contributed by atoms with Crippen molar-refractivity contribution in [1.29, 1.82) is 0 Å². The Morgan fingerprint density at radius 2 is 1.85 bits per heavy atom. The molecule has 0 saturated carbocycles. The number of hydrogen-bond donors (Lipinski definition) is 1. The van der Waals surface area contributed by atoms with E-state index in [1.165, 1.54) is 16.2 Å². The molecule has 1 N–H and O–H groups in total. The highest BCUT2D eigenvalue weighted by Gasteiger charge is 2.34. The van der Waals surface area contributed by atoms with Crippen LogP contribution in [0.3, 0.4) is 0 Å². The van der Waals surface area contributed by atoms with E-state index in [1.807, 2.05) is 29.2 Å². The average Bonchev–Trinajstić information content (AvgIpc) is 2.72. The van der Waals surface area contributed by atoms with Crippen LogP contribution in [0.4, 0.5) is 11.4 Å². The maximum Gasteiger partial charge on any atom is 0.284 e. The monoisotopic (exact) mass is 384 g/mol. The lowest BCUT2D eigenvalue weighted by atomic mass is 10.0. The van der Waals surface area contributed by atoms with E-state index in [9.17, 15) is 4.79 Å². The first-order valence-electron chi connectivity index (χ1n) is 9.88. The minimum atomic E-state index is -0.0160. The van der Waals surface area contributed by atoms with E-state index in [2.05, 4.69) is 36.1 Å².